The Hall–Kier alpha value is -7.60. The van der Waals surface area contributed by atoms with E-state index < -0.39 is 0 Å². The summed E-state index contributed by atoms with van der Waals surface area (Å²) in [6.45, 7) is 0. The number of thiophene rings is 1. The molecule has 276 valence electrons. The van der Waals surface area contributed by atoms with E-state index in [1.165, 1.54) is 31.1 Å². The zero-order chi connectivity index (χ0) is 39.1. The number of nitrogens with zero attached hydrogens (tertiary/aromatic N) is 4. The second-order valence-corrected chi connectivity index (χ2v) is 15.7. The molecule has 0 atom stereocenters. The van der Waals surface area contributed by atoms with Crippen LogP contribution in [-0.4, -0.2) is 19.9 Å². The summed E-state index contributed by atoms with van der Waals surface area (Å²) in [7, 11) is 0. The van der Waals surface area contributed by atoms with Crippen molar-refractivity contribution in [3.05, 3.63) is 206 Å². The summed E-state index contributed by atoms with van der Waals surface area (Å²) in [5.41, 5.74) is 12.7. The van der Waals surface area contributed by atoms with Crippen LogP contribution in [0.15, 0.2) is 206 Å². The largest absolute Gasteiger partial charge is 0.246 e. The molecule has 59 heavy (non-hydrogen) atoms. The Balaban J connectivity index is 0.980. The standard InChI is InChI=1S/C54H34N4S/c1-4-14-35(15-5-1)36-26-28-39(29-27-36)53-56-52(38-18-8-3-9-19-38)57-54(58-53)44-23-13-22-42(33-44)40-20-12-21-41(32-40)43-30-31-45-47(34-43)55-50(37-16-6-2-7-17-37)51-49(45)46-24-10-11-25-48(46)59-51/h1-34H. The summed E-state index contributed by atoms with van der Waals surface area (Å²) in [5, 5.41) is 3.71. The van der Waals surface area contributed by atoms with Crippen molar-refractivity contribution < 1.29 is 0 Å². The van der Waals surface area contributed by atoms with Gasteiger partial charge < -0.3 is 0 Å². The fourth-order valence-corrected chi connectivity index (χ4v) is 9.20. The molecule has 8 aromatic carbocycles. The molecule has 0 unspecified atom stereocenters. The molecular weight excluding hydrogens is 737 g/mol. The number of aromatic nitrogens is 4. The molecule has 11 aromatic rings. The highest BCUT2D eigenvalue weighted by molar-refractivity contribution is 7.26. The molecule has 11 rings (SSSR count). The van der Waals surface area contributed by atoms with Gasteiger partial charge in [0.15, 0.2) is 17.5 Å². The number of hydrogen-bond donors (Lipinski definition) is 0. The number of hydrogen-bond acceptors (Lipinski definition) is 5. The third kappa shape index (κ3) is 6.54. The molecule has 0 saturated heterocycles. The second kappa shape index (κ2) is 14.7. The maximum Gasteiger partial charge on any atom is 0.164 e. The molecule has 0 radical (unpaired) electrons. The maximum atomic E-state index is 5.35. The van der Waals surface area contributed by atoms with Crippen molar-refractivity contribution in [3.63, 3.8) is 0 Å². The molecular formula is C54H34N4S. The normalized spacial score (nSPS) is 11.4. The zero-order valence-corrected chi connectivity index (χ0v) is 32.6. The summed E-state index contributed by atoms with van der Waals surface area (Å²) >= 11 is 1.82. The van der Waals surface area contributed by atoms with Gasteiger partial charge in [-0.05, 0) is 57.6 Å². The monoisotopic (exact) mass is 770 g/mol. The van der Waals surface area contributed by atoms with E-state index in [9.17, 15) is 0 Å². The highest BCUT2D eigenvalue weighted by Gasteiger charge is 2.17. The van der Waals surface area contributed by atoms with E-state index in [1.54, 1.807) is 0 Å². The van der Waals surface area contributed by atoms with Crippen molar-refractivity contribution in [2.75, 3.05) is 0 Å². The second-order valence-electron chi connectivity index (χ2n) is 14.6. The summed E-state index contributed by atoms with van der Waals surface area (Å²) in [6, 6.07) is 72.1. The van der Waals surface area contributed by atoms with Crippen molar-refractivity contribution in [1.29, 1.82) is 0 Å². The van der Waals surface area contributed by atoms with Crippen molar-refractivity contribution in [2.24, 2.45) is 0 Å². The van der Waals surface area contributed by atoms with E-state index in [4.69, 9.17) is 19.9 Å². The first kappa shape index (κ1) is 34.6. The number of pyridine rings is 1. The van der Waals surface area contributed by atoms with Gasteiger partial charge in [0.1, 0.15) is 0 Å². The molecule has 0 aliphatic carbocycles. The molecule has 0 saturated carbocycles. The minimum Gasteiger partial charge on any atom is -0.246 e. The summed E-state index contributed by atoms with van der Waals surface area (Å²) in [5.74, 6) is 1.90. The lowest BCUT2D eigenvalue weighted by Crippen LogP contribution is -2.00. The first-order valence-electron chi connectivity index (χ1n) is 19.7. The van der Waals surface area contributed by atoms with Crippen LogP contribution in [0.2, 0.25) is 0 Å². The topological polar surface area (TPSA) is 51.6 Å². The van der Waals surface area contributed by atoms with Crippen LogP contribution in [0.5, 0.6) is 0 Å². The first-order chi connectivity index (χ1) is 29.2. The van der Waals surface area contributed by atoms with Gasteiger partial charge in [0.05, 0.1) is 15.9 Å². The van der Waals surface area contributed by atoms with E-state index in [1.807, 2.05) is 47.7 Å². The summed E-state index contributed by atoms with van der Waals surface area (Å²) < 4.78 is 2.50. The third-order valence-corrected chi connectivity index (χ3v) is 12.1. The van der Waals surface area contributed by atoms with Crippen LogP contribution in [0.4, 0.5) is 0 Å². The molecule has 0 N–H and O–H groups in total. The molecule has 4 nitrogen and oxygen atoms in total. The molecule has 0 spiro atoms. The van der Waals surface area contributed by atoms with Crippen LogP contribution in [-0.2, 0) is 0 Å². The van der Waals surface area contributed by atoms with Gasteiger partial charge in [0.2, 0.25) is 0 Å². The Morgan fingerprint density at radius 1 is 0.288 bits per heavy atom. The van der Waals surface area contributed by atoms with E-state index in [0.29, 0.717) is 17.5 Å². The average Bonchev–Trinajstić information content (AvgIpc) is 3.72. The molecule has 0 aliphatic heterocycles. The minimum absolute atomic E-state index is 0.626. The maximum absolute atomic E-state index is 5.35. The predicted octanol–water partition coefficient (Wildman–Crippen LogP) is 14.5. The number of rotatable bonds is 7. The third-order valence-electron chi connectivity index (χ3n) is 10.9. The Bertz CT molecular complexity index is 3310. The van der Waals surface area contributed by atoms with Crippen molar-refractivity contribution >= 4 is 42.4 Å². The minimum atomic E-state index is 0.626. The molecule has 0 aliphatic rings. The molecule has 5 heteroatoms. The Kier molecular flexibility index (Phi) is 8.64. The van der Waals surface area contributed by atoms with E-state index in [0.717, 1.165) is 61.3 Å². The SMILES string of the molecule is c1ccc(-c2ccc(-c3nc(-c4ccccc4)nc(-c4cccc(-c5cccc(-c6ccc7c(c6)nc(-c6ccccc6)c6sc8ccccc8c67)c5)c4)n3)cc2)cc1. The first-order valence-corrected chi connectivity index (χ1v) is 20.5. The van der Waals surface area contributed by atoms with E-state index in [-0.39, 0.29) is 0 Å². The van der Waals surface area contributed by atoms with Crippen LogP contribution in [0.25, 0.3) is 110 Å². The van der Waals surface area contributed by atoms with Crippen LogP contribution >= 0.6 is 11.3 Å². The van der Waals surface area contributed by atoms with Gasteiger partial charge in [0.25, 0.3) is 0 Å². The lowest BCUT2D eigenvalue weighted by molar-refractivity contribution is 1.07. The fraction of sp³-hybridized carbons (Fsp3) is 0. The smallest absolute Gasteiger partial charge is 0.164 e. The summed E-state index contributed by atoms with van der Waals surface area (Å²) in [6.07, 6.45) is 0. The van der Waals surface area contributed by atoms with Crippen molar-refractivity contribution in [3.8, 4) is 78.8 Å². The Labute approximate surface area is 345 Å². The van der Waals surface area contributed by atoms with Gasteiger partial charge in [0, 0.05) is 43.1 Å². The van der Waals surface area contributed by atoms with Crippen molar-refractivity contribution in [2.45, 2.75) is 0 Å². The molecule has 3 heterocycles. The zero-order valence-electron chi connectivity index (χ0n) is 31.8. The van der Waals surface area contributed by atoms with Gasteiger partial charge >= 0.3 is 0 Å². The predicted molar refractivity (Wildman–Crippen MR) is 246 cm³/mol. The number of fused-ring (bicyclic) bond motifs is 5. The Morgan fingerprint density at radius 3 is 1.39 bits per heavy atom. The van der Waals surface area contributed by atoms with Gasteiger partial charge in [-0.15, -0.1) is 11.3 Å². The van der Waals surface area contributed by atoms with Gasteiger partial charge in [-0.3, -0.25) is 0 Å². The quantitative estimate of drug-likeness (QED) is 0.162. The fourth-order valence-electron chi connectivity index (χ4n) is 7.97. The average molecular weight is 771 g/mol. The van der Waals surface area contributed by atoms with Crippen molar-refractivity contribution in [1.82, 2.24) is 19.9 Å². The van der Waals surface area contributed by atoms with E-state index in [2.05, 4.69) is 170 Å². The summed E-state index contributed by atoms with van der Waals surface area (Å²) in [4.78, 5) is 20.4. The van der Waals surface area contributed by atoms with Gasteiger partial charge in [-0.2, -0.15) is 0 Å². The molecule has 0 fully saturated rings. The van der Waals surface area contributed by atoms with Crippen LogP contribution in [0, 0.1) is 0 Å². The number of benzene rings is 8. The lowest BCUT2D eigenvalue weighted by Gasteiger charge is -2.11. The highest BCUT2D eigenvalue weighted by atomic mass is 32.1. The van der Waals surface area contributed by atoms with E-state index >= 15 is 0 Å². The van der Waals surface area contributed by atoms with Gasteiger partial charge in [-0.1, -0.05) is 182 Å². The van der Waals surface area contributed by atoms with Crippen LogP contribution < -0.4 is 0 Å². The van der Waals surface area contributed by atoms with Crippen LogP contribution in [0.1, 0.15) is 0 Å². The van der Waals surface area contributed by atoms with Gasteiger partial charge in [-0.25, -0.2) is 19.9 Å². The molecule has 0 bridgehead atoms. The lowest BCUT2D eigenvalue weighted by atomic mass is 9.96. The molecule has 0 amide bonds. The Morgan fingerprint density at radius 2 is 0.729 bits per heavy atom. The highest BCUT2D eigenvalue weighted by Crippen LogP contribution is 2.43. The van der Waals surface area contributed by atoms with Crippen LogP contribution in [0.3, 0.4) is 0 Å². The molecule has 3 aromatic heterocycles.